The molecule has 2 aliphatic heterocycles. The Bertz CT molecular complexity index is 918. The molecule has 2 aromatic carbocycles. The van der Waals surface area contributed by atoms with Crippen molar-refractivity contribution in [3.63, 3.8) is 0 Å². The highest BCUT2D eigenvalue weighted by atomic mass is 16.5. The predicted molar refractivity (Wildman–Crippen MR) is 127 cm³/mol. The number of carbonyl (C=O) groups is 2. The Morgan fingerprint density at radius 1 is 1.03 bits per heavy atom. The van der Waals surface area contributed by atoms with Crippen LogP contribution in [0.25, 0.3) is 11.1 Å². The Labute approximate surface area is 195 Å². The summed E-state index contributed by atoms with van der Waals surface area (Å²) >= 11 is 0. The third kappa shape index (κ3) is 6.19. The van der Waals surface area contributed by atoms with Crippen LogP contribution in [-0.4, -0.2) is 69.3 Å². The van der Waals surface area contributed by atoms with E-state index in [2.05, 4.69) is 39.8 Å². The molecule has 2 saturated heterocycles. The van der Waals surface area contributed by atoms with Gasteiger partial charge in [0, 0.05) is 25.2 Å². The molecule has 0 bridgehead atoms. The first-order valence-corrected chi connectivity index (χ1v) is 11.7. The van der Waals surface area contributed by atoms with Gasteiger partial charge in [-0.3, -0.25) is 9.69 Å². The molecular weight excluding hydrogens is 418 g/mol. The zero-order chi connectivity index (χ0) is 23.0. The number of ether oxygens (including phenoxy) is 2. The zero-order valence-electron chi connectivity index (χ0n) is 19.2. The van der Waals surface area contributed by atoms with E-state index in [0.29, 0.717) is 5.56 Å². The summed E-state index contributed by atoms with van der Waals surface area (Å²) in [6.07, 6.45) is 1.67. The number of hydrogen-bond acceptors (Lipinski definition) is 6. The molecule has 7 heteroatoms. The predicted octanol–water partition coefficient (Wildman–Crippen LogP) is 2.46. The standard InChI is InChI=1S/C26H33N3O4/c1-32-26(31)24(22-10-12-27-13-11-22)28-25(30)23-8-6-21(7-9-23)20-4-2-19(3-5-20)18-29-14-16-33-17-15-29/h2-9,22,24,27H,10-18H2,1H3,(H,28,30)/t24-/m0/s1. The highest BCUT2D eigenvalue weighted by Crippen LogP contribution is 2.22. The molecule has 0 radical (unpaired) electrons. The molecule has 7 nitrogen and oxygen atoms in total. The fourth-order valence-electron chi connectivity index (χ4n) is 4.53. The number of rotatable bonds is 7. The van der Waals surface area contributed by atoms with Gasteiger partial charge in [-0.25, -0.2) is 4.79 Å². The second-order valence-corrected chi connectivity index (χ2v) is 8.72. The smallest absolute Gasteiger partial charge is 0.328 e. The average molecular weight is 452 g/mol. The highest BCUT2D eigenvalue weighted by Gasteiger charge is 2.31. The van der Waals surface area contributed by atoms with Gasteiger partial charge in [-0.2, -0.15) is 0 Å². The Kier molecular flexibility index (Phi) is 8.10. The van der Waals surface area contributed by atoms with Crippen molar-refractivity contribution in [3.05, 3.63) is 59.7 Å². The van der Waals surface area contributed by atoms with Crippen LogP contribution in [-0.2, 0) is 20.8 Å². The number of benzene rings is 2. The van der Waals surface area contributed by atoms with E-state index in [1.54, 1.807) is 0 Å². The van der Waals surface area contributed by atoms with Crippen LogP contribution in [0.1, 0.15) is 28.8 Å². The summed E-state index contributed by atoms with van der Waals surface area (Å²) in [6.45, 7) is 6.16. The number of morpholine rings is 1. The molecule has 2 N–H and O–H groups in total. The zero-order valence-corrected chi connectivity index (χ0v) is 19.2. The van der Waals surface area contributed by atoms with Crippen molar-refractivity contribution < 1.29 is 19.1 Å². The van der Waals surface area contributed by atoms with Crippen LogP contribution >= 0.6 is 0 Å². The Balaban J connectivity index is 1.38. The molecule has 176 valence electrons. The molecule has 1 atom stereocenters. The minimum absolute atomic E-state index is 0.0814. The SMILES string of the molecule is COC(=O)[C@@H](NC(=O)c1ccc(-c2ccc(CN3CCOCC3)cc2)cc1)C1CCNCC1. The van der Waals surface area contributed by atoms with E-state index in [4.69, 9.17) is 9.47 Å². The van der Waals surface area contributed by atoms with Crippen LogP contribution in [0.5, 0.6) is 0 Å². The molecule has 2 aliphatic rings. The van der Waals surface area contributed by atoms with E-state index >= 15 is 0 Å². The van der Waals surface area contributed by atoms with Gasteiger partial charge < -0.3 is 20.1 Å². The van der Waals surface area contributed by atoms with Crippen molar-refractivity contribution in [1.82, 2.24) is 15.5 Å². The monoisotopic (exact) mass is 451 g/mol. The van der Waals surface area contributed by atoms with Crippen molar-refractivity contribution >= 4 is 11.9 Å². The minimum atomic E-state index is -0.622. The summed E-state index contributed by atoms with van der Waals surface area (Å²) in [5.41, 5.74) is 3.97. The second kappa shape index (κ2) is 11.4. The summed E-state index contributed by atoms with van der Waals surface area (Å²) in [5, 5.41) is 6.19. The lowest BCUT2D eigenvalue weighted by Gasteiger charge is -2.29. The van der Waals surface area contributed by atoms with E-state index < -0.39 is 6.04 Å². The average Bonchev–Trinajstić information content (AvgIpc) is 2.88. The lowest BCUT2D eigenvalue weighted by Crippen LogP contribution is -2.49. The van der Waals surface area contributed by atoms with Gasteiger partial charge in [0.25, 0.3) is 5.91 Å². The molecule has 4 rings (SSSR count). The van der Waals surface area contributed by atoms with E-state index in [1.165, 1.54) is 12.7 Å². The number of hydrogen-bond donors (Lipinski definition) is 2. The van der Waals surface area contributed by atoms with Crippen LogP contribution < -0.4 is 10.6 Å². The van der Waals surface area contributed by atoms with Crippen molar-refractivity contribution in [3.8, 4) is 11.1 Å². The maximum absolute atomic E-state index is 12.9. The van der Waals surface area contributed by atoms with Crippen molar-refractivity contribution in [1.29, 1.82) is 0 Å². The number of amides is 1. The van der Waals surface area contributed by atoms with E-state index in [0.717, 1.165) is 69.9 Å². The summed E-state index contributed by atoms with van der Waals surface area (Å²) in [7, 11) is 1.36. The Hall–Kier alpha value is -2.74. The van der Waals surface area contributed by atoms with Crippen molar-refractivity contribution in [2.75, 3.05) is 46.5 Å². The molecule has 2 aromatic rings. The summed E-state index contributed by atoms with van der Waals surface area (Å²) in [5.74, 6) is -0.557. The van der Waals surface area contributed by atoms with E-state index in [1.807, 2.05) is 24.3 Å². The molecule has 0 aromatic heterocycles. The molecule has 0 spiro atoms. The maximum atomic E-state index is 12.9. The fraction of sp³-hybridized carbons (Fsp3) is 0.462. The third-order valence-corrected chi connectivity index (χ3v) is 6.54. The van der Waals surface area contributed by atoms with Crippen molar-refractivity contribution in [2.24, 2.45) is 5.92 Å². The molecule has 2 heterocycles. The van der Waals surface area contributed by atoms with Crippen LogP contribution in [0.4, 0.5) is 0 Å². The molecule has 0 unspecified atom stereocenters. The van der Waals surface area contributed by atoms with Crippen LogP contribution in [0.3, 0.4) is 0 Å². The second-order valence-electron chi connectivity index (χ2n) is 8.72. The van der Waals surface area contributed by atoms with E-state index in [-0.39, 0.29) is 17.8 Å². The fourth-order valence-corrected chi connectivity index (χ4v) is 4.53. The number of nitrogens with one attached hydrogen (secondary N) is 2. The quantitative estimate of drug-likeness (QED) is 0.630. The van der Waals surface area contributed by atoms with Crippen LogP contribution in [0.15, 0.2) is 48.5 Å². The number of methoxy groups -OCH3 is 1. The van der Waals surface area contributed by atoms with Gasteiger partial charge in [0.2, 0.25) is 0 Å². The molecule has 1 amide bonds. The van der Waals surface area contributed by atoms with Gasteiger partial charge in [0.05, 0.1) is 20.3 Å². The normalized spacial score (nSPS) is 18.5. The Morgan fingerprint density at radius 2 is 1.64 bits per heavy atom. The minimum Gasteiger partial charge on any atom is -0.467 e. The van der Waals surface area contributed by atoms with Crippen molar-refractivity contribution in [2.45, 2.75) is 25.4 Å². The van der Waals surface area contributed by atoms with E-state index in [9.17, 15) is 9.59 Å². The van der Waals surface area contributed by atoms with Crippen LogP contribution in [0, 0.1) is 5.92 Å². The molecule has 0 aliphatic carbocycles. The first-order chi connectivity index (χ1) is 16.1. The first-order valence-electron chi connectivity index (χ1n) is 11.7. The molecule has 33 heavy (non-hydrogen) atoms. The lowest BCUT2D eigenvalue weighted by atomic mass is 9.90. The van der Waals surface area contributed by atoms with Gasteiger partial charge in [0.15, 0.2) is 0 Å². The highest BCUT2D eigenvalue weighted by molar-refractivity contribution is 5.97. The van der Waals surface area contributed by atoms with Gasteiger partial charge in [-0.15, -0.1) is 0 Å². The van der Waals surface area contributed by atoms with Gasteiger partial charge in [-0.1, -0.05) is 36.4 Å². The number of piperidine rings is 1. The lowest BCUT2D eigenvalue weighted by molar-refractivity contribution is -0.144. The summed E-state index contributed by atoms with van der Waals surface area (Å²) in [6, 6.07) is 15.4. The first kappa shape index (κ1) is 23.4. The maximum Gasteiger partial charge on any atom is 0.328 e. The van der Waals surface area contributed by atoms with Crippen LogP contribution in [0.2, 0.25) is 0 Å². The summed E-state index contributed by atoms with van der Waals surface area (Å²) in [4.78, 5) is 27.6. The van der Waals surface area contributed by atoms with Gasteiger partial charge >= 0.3 is 5.97 Å². The Morgan fingerprint density at radius 3 is 2.24 bits per heavy atom. The topological polar surface area (TPSA) is 79.9 Å². The van der Waals surface area contributed by atoms with Gasteiger partial charge in [0.1, 0.15) is 6.04 Å². The molecule has 0 saturated carbocycles. The molecule has 2 fully saturated rings. The third-order valence-electron chi connectivity index (χ3n) is 6.54. The van der Waals surface area contributed by atoms with Gasteiger partial charge in [-0.05, 0) is 60.7 Å². The number of carbonyl (C=O) groups excluding carboxylic acids is 2. The largest absolute Gasteiger partial charge is 0.467 e. The number of esters is 1. The summed E-state index contributed by atoms with van der Waals surface area (Å²) < 4.78 is 10.4. The molecular formula is C26H33N3O4. The number of nitrogens with zero attached hydrogens (tertiary/aromatic N) is 1.